The number of hydrogen-bond donors (Lipinski definition) is 3. The average molecular weight is 283 g/mol. The van der Waals surface area contributed by atoms with Crippen molar-refractivity contribution in [2.24, 2.45) is 10.9 Å². The third-order valence-corrected chi connectivity index (χ3v) is 3.40. The first-order valence-electron chi connectivity index (χ1n) is 7.01. The van der Waals surface area contributed by atoms with E-state index in [2.05, 4.69) is 42.5 Å². The lowest BCUT2D eigenvalue weighted by atomic mass is 10.0. The van der Waals surface area contributed by atoms with E-state index < -0.39 is 0 Å². The number of hydrogen-bond acceptors (Lipinski definition) is 3. The third kappa shape index (κ3) is 3.75. The van der Waals surface area contributed by atoms with Crippen LogP contribution in [0.15, 0.2) is 53.7 Å². The summed E-state index contributed by atoms with van der Waals surface area (Å²) >= 11 is 0. The van der Waals surface area contributed by atoms with E-state index in [-0.39, 0.29) is 5.84 Å². The fourth-order valence-corrected chi connectivity index (χ4v) is 2.26. The second-order valence-electron chi connectivity index (χ2n) is 5.28. The normalized spacial score (nSPS) is 11.7. The molecular weight excluding hydrogens is 262 g/mol. The maximum absolute atomic E-state index is 8.73. The first-order valence-corrected chi connectivity index (χ1v) is 7.01. The monoisotopic (exact) mass is 283 g/mol. The molecule has 110 valence electrons. The molecule has 4 N–H and O–H groups in total. The highest BCUT2D eigenvalue weighted by Gasteiger charge is 2.06. The second-order valence-corrected chi connectivity index (χ2v) is 5.28. The molecule has 0 fully saturated rings. The van der Waals surface area contributed by atoms with Crippen LogP contribution in [0.25, 0.3) is 0 Å². The van der Waals surface area contributed by atoms with Gasteiger partial charge in [0.1, 0.15) is 0 Å². The van der Waals surface area contributed by atoms with E-state index in [0.717, 1.165) is 11.3 Å². The highest BCUT2D eigenvalue weighted by Crippen LogP contribution is 2.24. The first kappa shape index (κ1) is 14.9. The average Bonchev–Trinajstić information content (AvgIpc) is 2.52. The van der Waals surface area contributed by atoms with Crippen LogP contribution in [-0.4, -0.2) is 11.0 Å². The maximum Gasteiger partial charge on any atom is 0.170 e. The van der Waals surface area contributed by atoms with Gasteiger partial charge in [0, 0.05) is 17.8 Å². The molecule has 0 atom stereocenters. The zero-order valence-electron chi connectivity index (χ0n) is 12.4. The minimum Gasteiger partial charge on any atom is -0.409 e. The number of para-hydroxylation sites is 1. The standard InChI is InChI=1S/C17H21N3O/c1-12(2)15-8-3-4-9-16(15)19-11-13-6-5-7-14(10-13)17(18)20-21/h3-10,12,19,21H,11H2,1-2H3,(H2,18,20). The van der Waals surface area contributed by atoms with Crippen LogP contribution in [0.1, 0.15) is 36.5 Å². The summed E-state index contributed by atoms with van der Waals surface area (Å²) in [5, 5.41) is 15.2. The molecule has 0 radical (unpaired) electrons. The van der Waals surface area contributed by atoms with Crippen LogP contribution in [0, 0.1) is 0 Å². The van der Waals surface area contributed by atoms with E-state index in [4.69, 9.17) is 10.9 Å². The van der Waals surface area contributed by atoms with Gasteiger partial charge in [0.05, 0.1) is 0 Å². The number of oxime groups is 1. The van der Waals surface area contributed by atoms with Crippen LogP contribution in [0.3, 0.4) is 0 Å². The number of amidine groups is 1. The molecule has 0 aliphatic heterocycles. The van der Waals surface area contributed by atoms with Gasteiger partial charge in [-0.05, 0) is 29.2 Å². The summed E-state index contributed by atoms with van der Waals surface area (Å²) in [5.74, 6) is 0.594. The van der Waals surface area contributed by atoms with Crippen LogP contribution in [-0.2, 0) is 6.54 Å². The summed E-state index contributed by atoms with van der Waals surface area (Å²) in [4.78, 5) is 0. The van der Waals surface area contributed by atoms with Crippen molar-refractivity contribution in [3.05, 3.63) is 65.2 Å². The molecule has 2 aromatic rings. The molecule has 0 saturated carbocycles. The van der Waals surface area contributed by atoms with Gasteiger partial charge in [-0.3, -0.25) is 0 Å². The first-order chi connectivity index (χ1) is 10.1. The van der Waals surface area contributed by atoms with Gasteiger partial charge >= 0.3 is 0 Å². The highest BCUT2D eigenvalue weighted by molar-refractivity contribution is 5.97. The molecule has 0 saturated heterocycles. The van der Waals surface area contributed by atoms with Crippen molar-refractivity contribution in [3.8, 4) is 0 Å². The zero-order chi connectivity index (χ0) is 15.2. The van der Waals surface area contributed by atoms with Gasteiger partial charge in [-0.1, -0.05) is 55.4 Å². The van der Waals surface area contributed by atoms with Gasteiger partial charge in [0.25, 0.3) is 0 Å². The van der Waals surface area contributed by atoms with Crippen LogP contribution in [0.2, 0.25) is 0 Å². The SMILES string of the molecule is CC(C)c1ccccc1NCc1cccc(C(N)=NO)c1. The zero-order valence-corrected chi connectivity index (χ0v) is 12.4. The lowest BCUT2D eigenvalue weighted by molar-refractivity contribution is 0.318. The quantitative estimate of drug-likeness (QED) is 0.340. The Balaban J connectivity index is 2.14. The van der Waals surface area contributed by atoms with Crippen molar-refractivity contribution in [1.82, 2.24) is 0 Å². The van der Waals surface area contributed by atoms with E-state index in [1.807, 2.05) is 30.3 Å². The van der Waals surface area contributed by atoms with E-state index in [9.17, 15) is 0 Å². The lowest BCUT2D eigenvalue weighted by Gasteiger charge is -2.14. The maximum atomic E-state index is 8.73. The van der Waals surface area contributed by atoms with Crippen LogP contribution in [0.5, 0.6) is 0 Å². The van der Waals surface area contributed by atoms with Gasteiger partial charge in [0.2, 0.25) is 0 Å². The summed E-state index contributed by atoms with van der Waals surface area (Å²) in [7, 11) is 0. The Morgan fingerprint density at radius 1 is 1.19 bits per heavy atom. The topological polar surface area (TPSA) is 70.6 Å². The minimum atomic E-state index is 0.124. The second kappa shape index (κ2) is 6.79. The Morgan fingerprint density at radius 2 is 1.95 bits per heavy atom. The van der Waals surface area contributed by atoms with Crippen molar-refractivity contribution < 1.29 is 5.21 Å². The van der Waals surface area contributed by atoms with E-state index in [0.29, 0.717) is 18.0 Å². The van der Waals surface area contributed by atoms with Crippen LogP contribution in [0.4, 0.5) is 5.69 Å². The predicted octanol–water partition coefficient (Wildman–Crippen LogP) is 3.52. The molecule has 0 aliphatic rings. The molecule has 4 nitrogen and oxygen atoms in total. The fourth-order valence-electron chi connectivity index (χ4n) is 2.26. The summed E-state index contributed by atoms with van der Waals surface area (Å²) in [6, 6.07) is 16.0. The molecule has 0 amide bonds. The van der Waals surface area contributed by atoms with Gasteiger partial charge in [-0.2, -0.15) is 0 Å². The molecule has 2 rings (SSSR count). The fraction of sp³-hybridized carbons (Fsp3) is 0.235. The number of nitrogens with two attached hydrogens (primary N) is 1. The molecule has 0 bridgehead atoms. The Hall–Kier alpha value is -2.49. The molecule has 4 heteroatoms. The van der Waals surface area contributed by atoms with E-state index >= 15 is 0 Å². The molecule has 0 unspecified atom stereocenters. The predicted molar refractivity (Wildman–Crippen MR) is 86.8 cm³/mol. The van der Waals surface area contributed by atoms with Crippen molar-refractivity contribution in [3.63, 3.8) is 0 Å². The Morgan fingerprint density at radius 3 is 2.67 bits per heavy atom. The molecule has 2 aromatic carbocycles. The van der Waals surface area contributed by atoms with Gasteiger partial charge in [0.15, 0.2) is 5.84 Å². The number of benzene rings is 2. The summed E-state index contributed by atoms with van der Waals surface area (Å²) in [5.41, 5.74) is 9.85. The smallest absolute Gasteiger partial charge is 0.170 e. The van der Waals surface area contributed by atoms with Gasteiger partial charge in [-0.25, -0.2) is 0 Å². The summed E-state index contributed by atoms with van der Waals surface area (Å²) in [6.07, 6.45) is 0. The van der Waals surface area contributed by atoms with Gasteiger partial charge in [-0.15, -0.1) is 0 Å². The van der Waals surface area contributed by atoms with Gasteiger partial charge < -0.3 is 16.3 Å². The number of rotatable bonds is 5. The van der Waals surface area contributed by atoms with Crippen LogP contribution >= 0.6 is 0 Å². The molecule has 21 heavy (non-hydrogen) atoms. The van der Waals surface area contributed by atoms with Crippen molar-refractivity contribution in [1.29, 1.82) is 0 Å². The van der Waals surface area contributed by atoms with Crippen molar-refractivity contribution in [2.75, 3.05) is 5.32 Å². The molecule has 0 spiro atoms. The summed E-state index contributed by atoms with van der Waals surface area (Å²) in [6.45, 7) is 5.05. The minimum absolute atomic E-state index is 0.124. The van der Waals surface area contributed by atoms with E-state index in [1.54, 1.807) is 0 Å². The Bertz CT molecular complexity index is 635. The highest BCUT2D eigenvalue weighted by atomic mass is 16.4. The summed E-state index contributed by atoms with van der Waals surface area (Å²) < 4.78 is 0. The number of anilines is 1. The number of nitrogens with zero attached hydrogens (tertiary/aromatic N) is 1. The molecule has 0 aromatic heterocycles. The Labute approximate surface area is 125 Å². The molecule has 0 aliphatic carbocycles. The molecule has 0 heterocycles. The van der Waals surface area contributed by atoms with E-state index in [1.165, 1.54) is 5.56 Å². The van der Waals surface area contributed by atoms with Crippen molar-refractivity contribution in [2.45, 2.75) is 26.3 Å². The van der Waals surface area contributed by atoms with Crippen LogP contribution < -0.4 is 11.1 Å². The third-order valence-electron chi connectivity index (χ3n) is 3.40. The lowest BCUT2D eigenvalue weighted by Crippen LogP contribution is -2.13. The largest absolute Gasteiger partial charge is 0.409 e. The Kier molecular flexibility index (Phi) is 4.82. The number of nitrogens with one attached hydrogen (secondary N) is 1. The molecular formula is C17H21N3O. The van der Waals surface area contributed by atoms with Crippen molar-refractivity contribution >= 4 is 11.5 Å².